The Morgan fingerprint density at radius 2 is 2.12 bits per heavy atom. The zero-order valence-electron chi connectivity index (χ0n) is 18.7. The van der Waals surface area contributed by atoms with Crippen LogP contribution in [-0.2, 0) is 10.7 Å². The zero-order valence-corrected chi connectivity index (χ0v) is 18.7. The van der Waals surface area contributed by atoms with Crippen LogP contribution in [0.25, 0.3) is 5.65 Å². The van der Waals surface area contributed by atoms with Crippen molar-refractivity contribution in [3.63, 3.8) is 0 Å². The highest BCUT2D eigenvalue weighted by atomic mass is 16.8. The lowest BCUT2D eigenvalue weighted by Gasteiger charge is -2.31. The predicted octanol–water partition coefficient (Wildman–Crippen LogP) is 0.183. The molecular weight excluding hydrogens is 442 g/mol. The third-order valence-electron chi connectivity index (χ3n) is 6.23. The lowest BCUT2D eigenvalue weighted by Crippen LogP contribution is -2.45. The Morgan fingerprint density at radius 1 is 1.32 bits per heavy atom. The number of amides is 1. The molecular formula is C21H27N9O4. The molecule has 13 heteroatoms. The number of rotatable bonds is 2. The number of fused-ring (bicyclic) bond motifs is 4. The number of carbonyl (C=O) groups is 1. The van der Waals surface area contributed by atoms with Crippen molar-refractivity contribution in [3.05, 3.63) is 35.7 Å². The van der Waals surface area contributed by atoms with Gasteiger partial charge in [0.05, 0.1) is 41.1 Å². The van der Waals surface area contributed by atoms with Gasteiger partial charge >= 0.3 is 5.97 Å². The van der Waals surface area contributed by atoms with E-state index in [2.05, 4.69) is 26.0 Å². The molecule has 1 fully saturated rings. The Labute approximate surface area is 194 Å². The molecule has 1 aliphatic carbocycles. The van der Waals surface area contributed by atoms with Crippen molar-refractivity contribution in [2.45, 2.75) is 37.4 Å². The van der Waals surface area contributed by atoms with Crippen LogP contribution in [-0.4, -0.2) is 57.0 Å². The molecule has 1 saturated carbocycles. The van der Waals surface area contributed by atoms with Crippen LogP contribution >= 0.6 is 0 Å². The SMILES string of the molecule is CNc1cc2nn3c(cnc13)C(=O)NC1CCCC1OC(O)(O)c1cc(c(N)c(N(C)N)c1)N2. The smallest absolute Gasteiger partial charge is 0.307 e. The fourth-order valence-electron chi connectivity index (χ4n) is 4.48. The molecule has 4 bridgehead atoms. The molecule has 1 amide bonds. The van der Waals surface area contributed by atoms with E-state index in [1.807, 2.05) is 0 Å². The van der Waals surface area contributed by atoms with Gasteiger partial charge < -0.3 is 41.6 Å². The van der Waals surface area contributed by atoms with Gasteiger partial charge in [-0.15, -0.1) is 5.10 Å². The summed E-state index contributed by atoms with van der Waals surface area (Å²) in [6.45, 7) is 0. The minimum absolute atomic E-state index is 0.0174. The molecule has 2 aromatic heterocycles. The maximum absolute atomic E-state index is 13.1. The first-order valence-electron chi connectivity index (χ1n) is 10.9. The highest BCUT2D eigenvalue weighted by Crippen LogP contribution is 2.38. The first-order valence-corrected chi connectivity index (χ1v) is 10.9. The normalized spacial score (nSPS) is 21.5. The van der Waals surface area contributed by atoms with Crippen LogP contribution in [0, 0.1) is 0 Å². The summed E-state index contributed by atoms with van der Waals surface area (Å²) < 4.78 is 7.17. The molecule has 0 radical (unpaired) electrons. The van der Waals surface area contributed by atoms with Gasteiger partial charge in [-0.1, -0.05) is 0 Å². The number of hydrogen-bond donors (Lipinski definition) is 7. The lowest BCUT2D eigenvalue weighted by molar-refractivity contribution is -0.367. The van der Waals surface area contributed by atoms with E-state index >= 15 is 0 Å². The van der Waals surface area contributed by atoms with Crippen molar-refractivity contribution >= 4 is 40.1 Å². The Kier molecular flexibility index (Phi) is 5.20. The topological polar surface area (TPSA) is 188 Å². The summed E-state index contributed by atoms with van der Waals surface area (Å²) in [4.78, 5) is 17.5. The molecule has 5 rings (SSSR count). The molecule has 13 nitrogen and oxygen atoms in total. The number of imidazole rings is 1. The summed E-state index contributed by atoms with van der Waals surface area (Å²) in [7, 11) is 3.31. The summed E-state index contributed by atoms with van der Waals surface area (Å²) in [5.74, 6) is 3.23. The van der Waals surface area contributed by atoms with Gasteiger partial charge in [-0.25, -0.2) is 15.3 Å². The van der Waals surface area contributed by atoms with Gasteiger partial charge in [0.2, 0.25) is 0 Å². The van der Waals surface area contributed by atoms with E-state index < -0.39 is 24.0 Å². The van der Waals surface area contributed by atoms with Crippen LogP contribution in [0.2, 0.25) is 0 Å². The third kappa shape index (κ3) is 3.64. The van der Waals surface area contributed by atoms with Crippen LogP contribution in [0.3, 0.4) is 0 Å². The molecule has 1 aliphatic heterocycles. The summed E-state index contributed by atoms with van der Waals surface area (Å²) in [6.07, 6.45) is 2.71. The van der Waals surface area contributed by atoms with E-state index in [0.29, 0.717) is 41.4 Å². The number of ether oxygens (including phenoxy) is 1. The minimum atomic E-state index is -2.66. The number of hydrazine groups is 1. The number of benzene rings is 1. The van der Waals surface area contributed by atoms with Crippen molar-refractivity contribution < 1.29 is 19.7 Å². The molecule has 3 aromatic rings. The Hall–Kier alpha value is -3.65. The van der Waals surface area contributed by atoms with Gasteiger partial charge in [-0.05, 0) is 31.4 Å². The van der Waals surface area contributed by atoms with Gasteiger partial charge in [0.1, 0.15) is 0 Å². The second kappa shape index (κ2) is 7.99. The molecule has 2 aliphatic rings. The standard InChI is InChI=1S/C21H27N9O4/c1-24-13-8-17-26-12-6-10(7-14(18(12)22)29(2)23)21(32,33)34-16-5-3-4-11(16)27-20(31)15-9-25-19(13)30(15)28-17/h6-9,11,16,24,32-33H,3-5,22-23H2,1-2H3,(H,26,28)(H,27,31). The number of aliphatic hydroxyl groups is 2. The van der Waals surface area contributed by atoms with Crippen molar-refractivity contribution in [1.29, 1.82) is 0 Å². The van der Waals surface area contributed by atoms with Crippen molar-refractivity contribution in [3.8, 4) is 0 Å². The molecule has 2 atom stereocenters. The number of nitrogens with one attached hydrogen (secondary N) is 3. The number of nitrogens with zero attached hydrogens (tertiary/aromatic N) is 4. The van der Waals surface area contributed by atoms with Gasteiger partial charge in [0.25, 0.3) is 5.91 Å². The summed E-state index contributed by atoms with van der Waals surface area (Å²) in [6, 6.07) is 4.17. The van der Waals surface area contributed by atoms with Crippen molar-refractivity contribution in [2.75, 3.05) is 35.5 Å². The first-order chi connectivity index (χ1) is 16.2. The number of aromatic nitrogens is 3. The van der Waals surface area contributed by atoms with Crippen LogP contribution in [0.1, 0.15) is 35.3 Å². The first kappa shape index (κ1) is 22.2. The monoisotopic (exact) mass is 469 g/mol. The van der Waals surface area contributed by atoms with E-state index in [1.165, 1.54) is 27.9 Å². The highest BCUT2D eigenvalue weighted by Gasteiger charge is 2.39. The molecule has 9 N–H and O–H groups in total. The summed E-state index contributed by atoms with van der Waals surface area (Å²) in [5.41, 5.74) is 8.60. The molecule has 2 unspecified atom stereocenters. The quantitative estimate of drug-likeness (QED) is 0.117. The summed E-state index contributed by atoms with van der Waals surface area (Å²) in [5, 5.41) is 36.7. The number of hydrogen-bond acceptors (Lipinski definition) is 11. The van der Waals surface area contributed by atoms with Crippen LogP contribution in [0.4, 0.5) is 28.6 Å². The largest absolute Gasteiger partial charge is 0.395 e. The maximum atomic E-state index is 13.1. The average molecular weight is 470 g/mol. The van der Waals surface area contributed by atoms with Gasteiger partial charge in [0, 0.05) is 25.7 Å². The van der Waals surface area contributed by atoms with Gasteiger partial charge in [-0.3, -0.25) is 4.79 Å². The fourth-order valence-corrected chi connectivity index (χ4v) is 4.48. The molecule has 1 aromatic carbocycles. The zero-order chi connectivity index (χ0) is 24.2. The molecule has 0 spiro atoms. The Balaban J connectivity index is 1.74. The van der Waals surface area contributed by atoms with Crippen molar-refractivity contribution in [1.82, 2.24) is 19.9 Å². The molecule has 3 heterocycles. The Morgan fingerprint density at radius 3 is 2.85 bits per heavy atom. The second-order valence-corrected chi connectivity index (χ2v) is 8.54. The van der Waals surface area contributed by atoms with Gasteiger partial charge in [0.15, 0.2) is 17.2 Å². The van der Waals surface area contributed by atoms with Crippen LogP contribution < -0.4 is 32.5 Å². The minimum Gasteiger partial charge on any atom is -0.395 e. The highest BCUT2D eigenvalue weighted by molar-refractivity contribution is 5.94. The maximum Gasteiger partial charge on any atom is 0.307 e. The second-order valence-electron chi connectivity index (χ2n) is 8.54. The van der Waals surface area contributed by atoms with Crippen molar-refractivity contribution in [2.24, 2.45) is 5.84 Å². The summed E-state index contributed by atoms with van der Waals surface area (Å²) >= 11 is 0. The molecule has 34 heavy (non-hydrogen) atoms. The van der Waals surface area contributed by atoms with E-state index in [9.17, 15) is 15.0 Å². The van der Waals surface area contributed by atoms with Crippen LogP contribution in [0.5, 0.6) is 0 Å². The van der Waals surface area contributed by atoms with Gasteiger partial charge in [-0.2, -0.15) is 0 Å². The van der Waals surface area contributed by atoms with E-state index in [0.717, 1.165) is 6.42 Å². The molecule has 0 saturated heterocycles. The Bertz CT molecular complexity index is 1270. The number of nitrogens with two attached hydrogens (primary N) is 2. The van der Waals surface area contributed by atoms with E-state index in [1.54, 1.807) is 20.2 Å². The van der Waals surface area contributed by atoms with E-state index in [-0.39, 0.29) is 16.9 Å². The third-order valence-corrected chi connectivity index (χ3v) is 6.23. The predicted molar refractivity (Wildman–Crippen MR) is 125 cm³/mol. The lowest BCUT2D eigenvalue weighted by atomic mass is 10.1. The fraction of sp³-hybridized carbons (Fsp3) is 0.381. The van der Waals surface area contributed by atoms with E-state index in [4.69, 9.17) is 16.3 Å². The number of anilines is 5. The van der Waals surface area contributed by atoms with Crippen LogP contribution in [0.15, 0.2) is 24.4 Å². The molecule has 180 valence electrons. The number of nitrogen functional groups attached to an aromatic ring is 1. The number of carbonyl (C=O) groups excluding carboxylic acids is 1. The average Bonchev–Trinajstić information content (AvgIpc) is 3.40.